The van der Waals surface area contributed by atoms with Crippen LogP contribution in [-0.2, 0) is 10.9 Å². The molecule has 0 aliphatic rings. The fraction of sp³-hybridized carbons (Fsp3) is 0.263. The zero-order valence-electron chi connectivity index (χ0n) is 16.2. The van der Waals surface area contributed by atoms with Crippen molar-refractivity contribution < 1.29 is 22.7 Å². The summed E-state index contributed by atoms with van der Waals surface area (Å²) in [6.45, 7) is 4.87. The van der Waals surface area contributed by atoms with Gasteiger partial charge in [0.25, 0.3) is 5.56 Å². The van der Waals surface area contributed by atoms with Gasteiger partial charge >= 0.3 is 12.1 Å². The Hall–Kier alpha value is -3.63. The number of aryl methyl sites for hydroxylation is 2. The lowest BCUT2D eigenvalue weighted by Gasteiger charge is -2.16. The summed E-state index contributed by atoms with van der Waals surface area (Å²) in [6, 6.07) is 2.16. The first-order chi connectivity index (χ1) is 14.1. The lowest BCUT2D eigenvalue weighted by Crippen LogP contribution is -2.15. The summed E-state index contributed by atoms with van der Waals surface area (Å²) in [5.74, 6) is -0.362. The summed E-state index contributed by atoms with van der Waals surface area (Å²) in [6.07, 6.45) is -1.87. The number of aromatic amines is 1. The van der Waals surface area contributed by atoms with Crippen LogP contribution in [0.2, 0.25) is 0 Å². The molecule has 1 N–H and O–H groups in total. The minimum Gasteiger partial charge on any atom is -0.461 e. The van der Waals surface area contributed by atoms with Crippen LogP contribution in [0.3, 0.4) is 0 Å². The lowest BCUT2D eigenvalue weighted by molar-refractivity contribution is -0.137. The van der Waals surface area contributed by atoms with Gasteiger partial charge in [-0.15, -0.1) is 0 Å². The topological polar surface area (TPSA) is 94.3 Å². The highest BCUT2D eigenvalue weighted by molar-refractivity contribution is 5.91. The van der Waals surface area contributed by atoms with E-state index in [-0.39, 0.29) is 40.4 Å². The number of hydrogen-bond donors (Lipinski definition) is 1. The van der Waals surface area contributed by atoms with Gasteiger partial charge in [0.15, 0.2) is 5.69 Å². The number of nitrogens with one attached hydrogen (secondary N) is 1. The zero-order chi connectivity index (χ0) is 21.8. The molecule has 156 valence electrons. The van der Waals surface area contributed by atoms with Gasteiger partial charge in [0.2, 0.25) is 5.65 Å². The number of nitrogens with zero attached hydrogens (tertiary/aromatic N) is 4. The number of benzene rings is 1. The fourth-order valence-electron chi connectivity index (χ4n) is 3.44. The molecule has 0 unspecified atom stereocenters. The summed E-state index contributed by atoms with van der Waals surface area (Å²) in [5, 5.41) is 0. The van der Waals surface area contributed by atoms with Crippen molar-refractivity contribution in [2.75, 3.05) is 6.61 Å². The molecule has 1 aromatic carbocycles. The molecule has 11 heteroatoms. The molecule has 4 aromatic rings. The van der Waals surface area contributed by atoms with E-state index in [1.807, 2.05) is 0 Å². The van der Waals surface area contributed by atoms with Crippen LogP contribution in [0.15, 0.2) is 29.3 Å². The van der Waals surface area contributed by atoms with Gasteiger partial charge < -0.3 is 14.3 Å². The van der Waals surface area contributed by atoms with E-state index in [0.717, 1.165) is 6.07 Å². The van der Waals surface area contributed by atoms with Crippen LogP contribution in [0, 0.1) is 13.8 Å². The molecule has 0 radical (unpaired) electrons. The number of halogens is 3. The maximum atomic E-state index is 13.8. The Kier molecular flexibility index (Phi) is 4.40. The molecule has 0 aliphatic carbocycles. The maximum Gasteiger partial charge on any atom is 0.418 e. The number of hydrogen-bond acceptors (Lipinski definition) is 5. The number of carbonyl (C=O) groups is 1. The first-order valence-electron chi connectivity index (χ1n) is 8.97. The van der Waals surface area contributed by atoms with Crippen LogP contribution >= 0.6 is 0 Å². The molecule has 0 saturated carbocycles. The smallest absolute Gasteiger partial charge is 0.418 e. The number of esters is 1. The largest absolute Gasteiger partial charge is 0.461 e. The Balaban J connectivity index is 2.14. The molecule has 0 atom stereocenters. The number of aromatic nitrogens is 5. The van der Waals surface area contributed by atoms with Crippen molar-refractivity contribution in [3.05, 3.63) is 57.7 Å². The van der Waals surface area contributed by atoms with Gasteiger partial charge in [-0.1, -0.05) is 0 Å². The van der Waals surface area contributed by atoms with Gasteiger partial charge in [-0.3, -0.25) is 9.20 Å². The minimum absolute atomic E-state index is 0.0442. The Bertz CT molecular complexity index is 1360. The van der Waals surface area contributed by atoms with E-state index in [2.05, 4.69) is 15.0 Å². The SMILES string of the molecule is CCOC(=O)c1nc2c(=O)[nH]c3cc(C(F)(F)F)c(-n4ccnc4C)cc3n2c1C. The standard InChI is InChI=1S/C19H16F3N5O3/c1-4-30-18(29)15-9(2)27-14-8-13(26-6-5-23-10(26)3)11(19(20,21)22)7-12(14)24-17(28)16(27)25-15/h5-8H,4H2,1-3H3,(H,24,28). The van der Waals surface area contributed by atoms with Crippen LogP contribution < -0.4 is 5.56 Å². The third-order valence-electron chi connectivity index (χ3n) is 4.77. The minimum atomic E-state index is -4.67. The molecule has 0 spiro atoms. The van der Waals surface area contributed by atoms with E-state index in [1.54, 1.807) is 20.8 Å². The van der Waals surface area contributed by atoms with Crippen LogP contribution in [0.4, 0.5) is 13.2 Å². The Morgan fingerprint density at radius 2 is 2.00 bits per heavy atom. The fourth-order valence-corrected chi connectivity index (χ4v) is 3.44. The van der Waals surface area contributed by atoms with Crippen molar-refractivity contribution in [1.82, 2.24) is 23.9 Å². The molecule has 0 amide bonds. The second-order valence-electron chi connectivity index (χ2n) is 6.61. The van der Waals surface area contributed by atoms with Gasteiger partial charge in [-0.2, -0.15) is 13.2 Å². The molecule has 0 bridgehead atoms. The average molecular weight is 419 g/mol. The lowest BCUT2D eigenvalue weighted by atomic mass is 10.1. The van der Waals surface area contributed by atoms with Gasteiger partial charge in [0.1, 0.15) is 5.82 Å². The van der Waals surface area contributed by atoms with Gasteiger partial charge in [-0.05, 0) is 32.9 Å². The first-order valence-corrected chi connectivity index (χ1v) is 8.97. The number of carbonyl (C=O) groups excluding carboxylic acids is 1. The molecule has 8 nitrogen and oxygen atoms in total. The Morgan fingerprint density at radius 1 is 1.27 bits per heavy atom. The monoisotopic (exact) mass is 419 g/mol. The highest BCUT2D eigenvalue weighted by Gasteiger charge is 2.35. The molecule has 4 rings (SSSR count). The predicted octanol–water partition coefficient (Wildman–Crippen LogP) is 3.17. The van der Waals surface area contributed by atoms with E-state index in [4.69, 9.17) is 4.74 Å². The average Bonchev–Trinajstić information content (AvgIpc) is 3.24. The number of rotatable bonds is 3. The zero-order valence-corrected chi connectivity index (χ0v) is 16.2. The molecule has 0 saturated heterocycles. The molecule has 30 heavy (non-hydrogen) atoms. The molecule has 3 heterocycles. The molecule has 0 aliphatic heterocycles. The van der Waals surface area contributed by atoms with E-state index < -0.39 is 23.3 Å². The first kappa shape index (κ1) is 19.7. The van der Waals surface area contributed by atoms with Crippen molar-refractivity contribution in [3.63, 3.8) is 0 Å². The third kappa shape index (κ3) is 2.93. The normalized spacial score (nSPS) is 12.1. The van der Waals surface area contributed by atoms with Crippen molar-refractivity contribution in [3.8, 4) is 5.69 Å². The van der Waals surface area contributed by atoms with Crippen LogP contribution in [0.1, 0.15) is 34.5 Å². The van der Waals surface area contributed by atoms with E-state index >= 15 is 0 Å². The van der Waals surface area contributed by atoms with Crippen molar-refractivity contribution >= 4 is 22.6 Å². The summed E-state index contributed by atoms with van der Waals surface area (Å²) < 4.78 is 49.0. The quantitative estimate of drug-likeness (QED) is 0.515. The van der Waals surface area contributed by atoms with Gasteiger partial charge in [-0.25, -0.2) is 14.8 Å². The number of alkyl halides is 3. The third-order valence-corrected chi connectivity index (χ3v) is 4.77. The van der Waals surface area contributed by atoms with Crippen molar-refractivity contribution in [2.24, 2.45) is 0 Å². The Morgan fingerprint density at radius 3 is 2.60 bits per heavy atom. The predicted molar refractivity (Wildman–Crippen MR) is 101 cm³/mol. The van der Waals surface area contributed by atoms with Gasteiger partial charge in [0.05, 0.1) is 34.6 Å². The summed E-state index contributed by atoms with van der Waals surface area (Å²) >= 11 is 0. The van der Waals surface area contributed by atoms with Crippen molar-refractivity contribution in [1.29, 1.82) is 0 Å². The number of imidazole rings is 2. The van der Waals surface area contributed by atoms with Crippen LogP contribution in [0.25, 0.3) is 22.4 Å². The second-order valence-corrected chi connectivity index (χ2v) is 6.61. The van der Waals surface area contributed by atoms with Crippen molar-refractivity contribution in [2.45, 2.75) is 26.9 Å². The molecule has 0 fully saturated rings. The molecular formula is C19H16F3N5O3. The molecular weight excluding hydrogens is 403 g/mol. The van der Waals surface area contributed by atoms with Gasteiger partial charge in [0, 0.05) is 12.4 Å². The second kappa shape index (κ2) is 6.71. The highest BCUT2D eigenvalue weighted by atomic mass is 19.4. The Labute approximate surface area is 166 Å². The summed E-state index contributed by atoms with van der Waals surface area (Å²) in [4.78, 5) is 35.2. The summed E-state index contributed by atoms with van der Waals surface area (Å²) in [7, 11) is 0. The molecule has 3 aromatic heterocycles. The number of ether oxygens (including phenoxy) is 1. The van der Waals surface area contributed by atoms with Crippen LogP contribution in [-0.4, -0.2) is 36.5 Å². The van der Waals surface area contributed by atoms with E-state index in [0.29, 0.717) is 5.82 Å². The van der Waals surface area contributed by atoms with E-state index in [9.17, 15) is 22.8 Å². The number of H-pyrrole nitrogens is 1. The summed E-state index contributed by atoms with van der Waals surface area (Å²) in [5.41, 5.74) is -1.52. The van der Waals surface area contributed by atoms with E-state index in [1.165, 1.54) is 27.4 Å². The van der Waals surface area contributed by atoms with Crippen LogP contribution in [0.5, 0.6) is 0 Å². The maximum absolute atomic E-state index is 13.8. The highest BCUT2D eigenvalue weighted by Crippen LogP contribution is 2.36. The number of fused-ring (bicyclic) bond motifs is 3.